The van der Waals surface area contributed by atoms with Gasteiger partial charge in [-0.2, -0.15) is 4.98 Å². The summed E-state index contributed by atoms with van der Waals surface area (Å²) in [5.74, 6) is 1.22. The molecule has 1 N–H and O–H groups in total. The van der Waals surface area contributed by atoms with Crippen molar-refractivity contribution in [2.45, 2.75) is 6.92 Å². The molecular formula is C21H21ClFN5. The molecule has 1 aliphatic rings. The molecule has 28 heavy (non-hydrogen) atoms. The molecule has 0 atom stereocenters. The molecule has 0 spiro atoms. The molecule has 0 aliphatic carbocycles. The summed E-state index contributed by atoms with van der Waals surface area (Å²) in [6.45, 7) is 5.39. The Balaban J connectivity index is 1.43. The van der Waals surface area contributed by atoms with Crippen LogP contribution in [0.15, 0.2) is 54.7 Å². The average molecular weight is 398 g/mol. The normalized spacial score (nSPS) is 14.2. The highest BCUT2D eigenvalue weighted by Gasteiger charge is 2.19. The number of halogens is 2. The van der Waals surface area contributed by atoms with Crippen molar-refractivity contribution in [3.05, 3.63) is 71.1 Å². The van der Waals surface area contributed by atoms with E-state index in [1.54, 1.807) is 6.20 Å². The van der Waals surface area contributed by atoms with Crippen molar-refractivity contribution < 1.29 is 4.39 Å². The zero-order chi connectivity index (χ0) is 19.5. The fourth-order valence-corrected chi connectivity index (χ4v) is 3.45. The summed E-state index contributed by atoms with van der Waals surface area (Å²) in [7, 11) is 0. The molecule has 3 aromatic rings. The minimum atomic E-state index is -0.210. The van der Waals surface area contributed by atoms with Crippen molar-refractivity contribution in [3.8, 4) is 0 Å². The van der Waals surface area contributed by atoms with Gasteiger partial charge in [-0.15, -0.1) is 0 Å². The van der Waals surface area contributed by atoms with Crippen LogP contribution in [-0.4, -0.2) is 36.1 Å². The number of hydrogen-bond acceptors (Lipinski definition) is 5. The number of nitrogens with zero attached hydrogens (tertiary/aromatic N) is 4. The molecular weight excluding hydrogens is 377 g/mol. The summed E-state index contributed by atoms with van der Waals surface area (Å²) in [5, 5.41) is 3.92. The van der Waals surface area contributed by atoms with Gasteiger partial charge in [-0.25, -0.2) is 9.37 Å². The van der Waals surface area contributed by atoms with Gasteiger partial charge in [-0.1, -0.05) is 17.7 Å². The smallest absolute Gasteiger partial charge is 0.229 e. The third-order valence-corrected chi connectivity index (χ3v) is 5.12. The average Bonchev–Trinajstić information content (AvgIpc) is 2.72. The zero-order valence-corrected chi connectivity index (χ0v) is 16.3. The highest BCUT2D eigenvalue weighted by Crippen LogP contribution is 2.24. The molecule has 2 aromatic carbocycles. The molecule has 0 radical (unpaired) electrons. The maximum Gasteiger partial charge on any atom is 0.229 e. The lowest BCUT2D eigenvalue weighted by Crippen LogP contribution is -2.46. The van der Waals surface area contributed by atoms with E-state index < -0.39 is 0 Å². The fourth-order valence-electron chi connectivity index (χ4n) is 3.28. The largest absolute Gasteiger partial charge is 0.368 e. The van der Waals surface area contributed by atoms with Crippen LogP contribution in [0, 0.1) is 12.7 Å². The van der Waals surface area contributed by atoms with Gasteiger partial charge in [-0.05, 0) is 55.0 Å². The highest BCUT2D eigenvalue weighted by atomic mass is 35.5. The van der Waals surface area contributed by atoms with Gasteiger partial charge in [0, 0.05) is 48.8 Å². The van der Waals surface area contributed by atoms with Crippen molar-refractivity contribution in [3.63, 3.8) is 0 Å². The minimum absolute atomic E-state index is 0.210. The van der Waals surface area contributed by atoms with Gasteiger partial charge in [0.15, 0.2) is 0 Å². The molecule has 0 bridgehead atoms. The Kier molecular flexibility index (Phi) is 5.30. The second-order valence-corrected chi connectivity index (χ2v) is 7.21. The molecule has 144 valence electrons. The maximum atomic E-state index is 13.1. The van der Waals surface area contributed by atoms with Crippen LogP contribution < -0.4 is 15.1 Å². The van der Waals surface area contributed by atoms with Crippen LogP contribution in [0.1, 0.15) is 5.56 Å². The lowest BCUT2D eigenvalue weighted by atomic mass is 10.2. The molecule has 1 aromatic heterocycles. The van der Waals surface area contributed by atoms with E-state index in [1.165, 1.54) is 12.1 Å². The van der Waals surface area contributed by atoms with Gasteiger partial charge in [0.2, 0.25) is 5.95 Å². The van der Waals surface area contributed by atoms with E-state index >= 15 is 0 Å². The Labute approximate surface area is 168 Å². The summed E-state index contributed by atoms with van der Waals surface area (Å²) < 4.78 is 13.1. The number of aryl methyl sites for hydroxylation is 1. The van der Waals surface area contributed by atoms with Gasteiger partial charge >= 0.3 is 0 Å². The molecule has 4 rings (SSSR count). The van der Waals surface area contributed by atoms with E-state index in [0.29, 0.717) is 11.0 Å². The summed E-state index contributed by atoms with van der Waals surface area (Å²) >= 11 is 6.09. The molecule has 0 unspecified atom stereocenters. The third kappa shape index (κ3) is 4.17. The van der Waals surface area contributed by atoms with Crippen molar-refractivity contribution in [1.82, 2.24) is 9.97 Å². The molecule has 5 nitrogen and oxygen atoms in total. The number of hydrogen-bond donors (Lipinski definition) is 1. The van der Waals surface area contributed by atoms with Crippen LogP contribution in [-0.2, 0) is 0 Å². The van der Waals surface area contributed by atoms with Crippen LogP contribution >= 0.6 is 11.6 Å². The van der Waals surface area contributed by atoms with Crippen molar-refractivity contribution in [2.24, 2.45) is 0 Å². The molecule has 1 fully saturated rings. The molecule has 2 heterocycles. The Morgan fingerprint density at radius 2 is 1.68 bits per heavy atom. The van der Waals surface area contributed by atoms with Crippen molar-refractivity contribution in [2.75, 3.05) is 41.3 Å². The van der Waals surface area contributed by atoms with E-state index in [-0.39, 0.29) is 5.82 Å². The van der Waals surface area contributed by atoms with E-state index in [2.05, 4.69) is 25.1 Å². The first-order chi connectivity index (χ1) is 13.6. The number of benzene rings is 2. The molecule has 1 aliphatic heterocycles. The predicted molar refractivity (Wildman–Crippen MR) is 112 cm³/mol. The first-order valence-electron chi connectivity index (χ1n) is 9.20. The van der Waals surface area contributed by atoms with E-state index in [9.17, 15) is 4.39 Å². The molecule has 7 heteroatoms. The Morgan fingerprint density at radius 1 is 0.964 bits per heavy atom. The van der Waals surface area contributed by atoms with E-state index in [4.69, 9.17) is 11.6 Å². The number of aromatic nitrogens is 2. The topological polar surface area (TPSA) is 44.3 Å². The highest BCUT2D eigenvalue weighted by molar-refractivity contribution is 6.30. The van der Waals surface area contributed by atoms with Crippen molar-refractivity contribution >= 4 is 34.7 Å². The standard InChI is InChI=1S/C21H21ClFN5/c1-15-2-3-16(22)14-19(15)25-21-24-9-8-20(26-21)28-12-10-27(11-13-28)18-6-4-17(23)5-7-18/h2-9,14H,10-13H2,1H3,(H,24,25,26). The van der Waals surface area contributed by atoms with Crippen LogP contribution in [0.3, 0.4) is 0 Å². The lowest BCUT2D eigenvalue weighted by Gasteiger charge is -2.36. The summed E-state index contributed by atoms with van der Waals surface area (Å²) in [6.07, 6.45) is 1.76. The fraction of sp³-hybridized carbons (Fsp3) is 0.238. The van der Waals surface area contributed by atoms with Crippen molar-refractivity contribution in [1.29, 1.82) is 0 Å². The lowest BCUT2D eigenvalue weighted by molar-refractivity contribution is 0.624. The number of rotatable bonds is 4. The van der Waals surface area contributed by atoms with Crippen LogP contribution in [0.5, 0.6) is 0 Å². The SMILES string of the molecule is Cc1ccc(Cl)cc1Nc1nccc(N2CCN(c3ccc(F)cc3)CC2)n1. The number of anilines is 4. The van der Waals surface area contributed by atoms with E-state index in [1.807, 2.05) is 43.3 Å². The van der Waals surface area contributed by atoms with Gasteiger partial charge < -0.3 is 15.1 Å². The Bertz CT molecular complexity index is 955. The maximum absolute atomic E-state index is 13.1. The van der Waals surface area contributed by atoms with Gasteiger partial charge in [0.05, 0.1) is 0 Å². The second-order valence-electron chi connectivity index (χ2n) is 6.77. The van der Waals surface area contributed by atoms with Crippen LogP contribution in [0.4, 0.5) is 27.5 Å². The van der Waals surface area contributed by atoms with Crippen LogP contribution in [0.25, 0.3) is 0 Å². The number of piperazine rings is 1. The number of nitrogens with one attached hydrogen (secondary N) is 1. The quantitative estimate of drug-likeness (QED) is 0.694. The molecule has 1 saturated heterocycles. The summed E-state index contributed by atoms with van der Waals surface area (Å²) in [6, 6.07) is 14.3. The monoisotopic (exact) mass is 397 g/mol. The Morgan fingerprint density at radius 3 is 2.43 bits per heavy atom. The first kappa shape index (κ1) is 18.5. The summed E-state index contributed by atoms with van der Waals surface area (Å²) in [5.41, 5.74) is 3.01. The van der Waals surface area contributed by atoms with Crippen LogP contribution in [0.2, 0.25) is 5.02 Å². The van der Waals surface area contributed by atoms with E-state index in [0.717, 1.165) is 48.9 Å². The van der Waals surface area contributed by atoms with Gasteiger partial charge in [0.25, 0.3) is 0 Å². The second kappa shape index (κ2) is 8.02. The molecule has 0 amide bonds. The first-order valence-corrected chi connectivity index (χ1v) is 9.58. The minimum Gasteiger partial charge on any atom is -0.368 e. The predicted octanol–water partition coefficient (Wildman–Crippen LogP) is 4.65. The third-order valence-electron chi connectivity index (χ3n) is 4.88. The Hall–Kier alpha value is -2.86. The zero-order valence-electron chi connectivity index (χ0n) is 15.6. The summed E-state index contributed by atoms with van der Waals surface area (Å²) in [4.78, 5) is 13.5. The molecule has 0 saturated carbocycles. The van der Waals surface area contributed by atoms with Gasteiger partial charge in [0.1, 0.15) is 11.6 Å². The van der Waals surface area contributed by atoms with Gasteiger partial charge in [-0.3, -0.25) is 0 Å².